The van der Waals surface area contributed by atoms with E-state index in [0.717, 1.165) is 16.6 Å². The van der Waals surface area contributed by atoms with Crippen LogP contribution in [0.5, 0.6) is 5.75 Å². The number of aromatic nitrogens is 4. The normalized spacial score (nSPS) is 14.2. The molecule has 0 spiro atoms. The van der Waals surface area contributed by atoms with Crippen LogP contribution < -0.4 is 0 Å². The molecule has 0 fully saturated rings. The van der Waals surface area contributed by atoms with E-state index < -0.39 is 30.0 Å². The predicted octanol–water partition coefficient (Wildman–Crippen LogP) is 5.38. The van der Waals surface area contributed by atoms with E-state index in [0.29, 0.717) is 28.9 Å². The lowest BCUT2D eigenvalue weighted by atomic mass is 9.72. The lowest BCUT2D eigenvalue weighted by Gasteiger charge is -2.38. The fraction of sp³-hybridized carbons (Fsp3) is 0.393. The molecule has 4 rings (SSSR count). The molecule has 3 N–H and O–H groups in total. The zero-order valence-electron chi connectivity index (χ0n) is 21.8. The van der Waals surface area contributed by atoms with Crippen molar-refractivity contribution in [2.45, 2.75) is 56.8 Å². The van der Waals surface area contributed by atoms with Crippen LogP contribution in [-0.2, 0) is 18.4 Å². The van der Waals surface area contributed by atoms with Crippen molar-refractivity contribution < 1.29 is 23.4 Å². The van der Waals surface area contributed by atoms with Crippen LogP contribution in [-0.4, -0.2) is 60.9 Å². The van der Waals surface area contributed by atoms with Gasteiger partial charge in [0, 0.05) is 41.1 Å². The molecule has 0 amide bonds. The van der Waals surface area contributed by atoms with Gasteiger partial charge in [-0.15, -0.1) is 0 Å². The Kier molecular flexibility index (Phi) is 7.49. The Labute approximate surface area is 219 Å². The highest BCUT2D eigenvalue weighted by Gasteiger charge is 2.55. The first-order valence-corrected chi connectivity index (χ1v) is 12.3. The highest BCUT2D eigenvalue weighted by Crippen LogP contribution is 2.46. The number of aromatic hydroxyl groups is 1. The molecular weight excluding hydrogens is 495 g/mol. The highest BCUT2D eigenvalue weighted by molar-refractivity contribution is 5.79. The van der Waals surface area contributed by atoms with Crippen molar-refractivity contribution in [3.05, 3.63) is 72.2 Å². The van der Waals surface area contributed by atoms with Gasteiger partial charge in [0.25, 0.3) is 0 Å². The minimum atomic E-state index is -4.88. The van der Waals surface area contributed by atoms with E-state index in [1.807, 2.05) is 25.1 Å². The Morgan fingerprint density at radius 3 is 2.34 bits per heavy atom. The molecule has 3 aromatic heterocycles. The molecule has 7 nitrogen and oxygen atoms in total. The highest BCUT2D eigenvalue weighted by atomic mass is 19.4. The van der Waals surface area contributed by atoms with Crippen LogP contribution in [0.25, 0.3) is 22.0 Å². The number of aryl methyl sites for hydroxylation is 1. The number of fused-ring (bicyclic) bond motifs is 1. The summed E-state index contributed by atoms with van der Waals surface area (Å²) in [6.07, 6.45) is 0.143. The molecule has 202 valence electrons. The first-order valence-electron chi connectivity index (χ1n) is 12.3. The molecule has 4 aromatic rings. The summed E-state index contributed by atoms with van der Waals surface area (Å²) < 4.78 is 43.0. The number of alkyl halides is 3. The SMILES string of the molecule is CN(C)Cc1cc2cc(CCC(O)(CC(C)(C)c3cc(-c4cncnc4)ccc3O)C(F)(F)F)[nH]c2cn1. The van der Waals surface area contributed by atoms with Crippen molar-refractivity contribution in [3.8, 4) is 16.9 Å². The van der Waals surface area contributed by atoms with Crippen LogP contribution in [0.3, 0.4) is 0 Å². The number of rotatable bonds is 9. The second-order valence-corrected chi connectivity index (χ2v) is 10.7. The molecule has 3 heterocycles. The number of aliphatic hydroxyl groups is 1. The Morgan fingerprint density at radius 1 is 0.974 bits per heavy atom. The van der Waals surface area contributed by atoms with Crippen molar-refractivity contribution >= 4 is 10.9 Å². The summed E-state index contributed by atoms with van der Waals surface area (Å²) in [4.78, 5) is 17.5. The zero-order valence-corrected chi connectivity index (χ0v) is 21.8. The van der Waals surface area contributed by atoms with Crippen LogP contribution >= 0.6 is 0 Å². The fourth-order valence-corrected chi connectivity index (χ4v) is 4.89. The van der Waals surface area contributed by atoms with Crippen molar-refractivity contribution in [2.24, 2.45) is 0 Å². The number of benzene rings is 1. The molecule has 0 bridgehead atoms. The number of pyridine rings is 1. The van der Waals surface area contributed by atoms with Crippen molar-refractivity contribution in [3.63, 3.8) is 0 Å². The van der Waals surface area contributed by atoms with Gasteiger partial charge >= 0.3 is 6.18 Å². The summed E-state index contributed by atoms with van der Waals surface area (Å²) in [6, 6.07) is 8.42. The van der Waals surface area contributed by atoms with Crippen molar-refractivity contribution in [1.82, 2.24) is 24.8 Å². The maximum atomic E-state index is 14.3. The molecule has 1 atom stereocenters. The molecule has 0 radical (unpaired) electrons. The maximum absolute atomic E-state index is 14.3. The number of phenols is 1. The molecule has 0 aliphatic rings. The topological polar surface area (TPSA) is 98.2 Å². The summed E-state index contributed by atoms with van der Waals surface area (Å²) in [5, 5.41) is 22.5. The van der Waals surface area contributed by atoms with Gasteiger partial charge < -0.3 is 20.1 Å². The van der Waals surface area contributed by atoms with Gasteiger partial charge in [0.05, 0.1) is 17.4 Å². The smallest absolute Gasteiger partial charge is 0.417 e. The summed E-state index contributed by atoms with van der Waals surface area (Å²) in [5.41, 5.74) is -0.424. The standard InChI is InChI=1S/C28H32F3N5O2/c1-26(2,23-11-18(5-6-25(23)37)20-12-32-17-33-13-20)16-27(38,28(29,30)31)8-7-21-9-19-10-22(15-36(3)4)34-14-24(19)35-21/h5-6,9-14,17,35,37-38H,7-8,15-16H2,1-4H3. The molecule has 1 unspecified atom stereocenters. The number of hydrogen-bond acceptors (Lipinski definition) is 6. The number of aromatic amines is 1. The molecule has 0 aliphatic carbocycles. The third kappa shape index (κ3) is 5.97. The van der Waals surface area contributed by atoms with Crippen LogP contribution in [0.4, 0.5) is 13.2 Å². The lowest BCUT2D eigenvalue weighted by Crippen LogP contribution is -2.49. The average Bonchev–Trinajstić information content (AvgIpc) is 3.24. The van der Waals surface area contributed by atoms with Gasteiger partial charge in [0.1, 0.15) is 12.1 Å². The number of nitrogens with zero attached hydrogens (tertiary/aromatic N) is 4. The first-order chi connectivity index (χ1) is 17.8. The first kappa shape index (κ1) is 27.5. The molecule has 0 saturated heterocycles. The quantitative estimate of drug-likeness (QED) is 0.270. The minimum Gasteiger partial charge on any atom is -0.508 e. The van der Waals surface area contributed by atoms with E-state index >= 15 is 0 Å². The van der Waals surface area contributed by atoms with Gasteiger partial charge in [-0.2, -0.15) is 13.2 Å². The number of H-pyrrole nitrogens is 1. The van der Waals surface area contributed by atoms with Crippen LogP contribution in [0.1, 0.15) is 43.6 Å². The lowest BCUT2D eigenvalue weighted by molar-refractivity contribution is -0.269. The third-order valence-corrected chi connectivity index (χ3v) is 6.79. The minimum absolute atomic E-state index is 0.0167. The number of halogens is 3. The van der Waals surface area contributed by atoms with Crippen molar-refractivity contribution in [1.29, 1.82) is 0 Å². The van der Waals surface area contributed by atoms with Gasteiger partial charge in [-0.05, 0) is 68.6 Å². The van der Waals surface area contributed by atoms with Gasteiger partial charge in [-0.25, -0.2) is 9.97 Å². The summed E-state index contributed by atoms with van der Waals surface area (Å²) in [5.74, 6) is -0.142. The maximum Gasteiger partial charge on any atom is 0.417 e. The van der Waals surface area contributed by atoms with Crippen LogP contribution in [0.2, 0.25) is 0 Å². The summed E-state index contributed by atoms with van der Waals surface area (Å²) in [6.45, 7) is 3.82. The van der Waals surface area contributed by atoms with E-state index in [-0.39, 0.29) is 12.2 Å². The van der Waals surface area contributed by atoms with E-state index in [9.17, 15) is 23.4 Å². The average molecular weight is 528 g/mol. The molecule has 38 heavy (non-hydrogen) atoms. The van der Waals surface area contributed by atoms with E-state index in [4.69, 9.17) is 0 Å². The molecule has 1 aromatic carbocycles. The van der Waals surface area contributed by atoms with Gasteiger partial charge in [0.15, 0.2) is 5.60 Å². The zero-order chi connectivity index (χ0) is 27.7. The monoisotopic (exact) mass is 527 g/mol. The Bertz CT molecular complexity index is 1400. The van der Waals surface area contributed by atoms with E-state index in [2.05, 4.69) is 19.9 Å². The van der Waals surface area contributed by atoms with Gasteiger partial charge in [-0.3, -0.25) is 4.98 Å². The predicted molar refractivity (Wildman–Crippen MR) is 140 cm³/mol. The Balaban J connectivity index is 1.58. The third-order valence-electron chi connectivity index (χ3n) is 6.79. The Hall–Kier alpha value is -3.50. The Morgan fingerprint density at radius 2 is 1.68 bits per heavy atom. The fourth-order valence-electron chi connectivity index (χ4n) is 4.89. The number of hydrogen-bond donors (Lipinski definition) is 3. The summed E-state index contributed by atoms with van der Waals surface area (Å²) >= 11 is 0. The molecule has 0 aliphatic heterocycles. The van der Waals surface area contributed by atoms with E-state index in [1.165, 1.54) is 12.4 Å². The van der Waals surface area contributed by atoms with Crippen molar-refractivity contribution in [2.75, 3.05) is 14.1 Å². The molecule has 10 heteroatoms. The number of phenolic OH excluding ortho intramolecular Hbond substituents is 1. The molecule has 0 saturated carbocycles. The second kappa shape index (κ2) is 10.3. The van der Waals surface area contributed by atoms with Gasteiger partial charge in [0.2, 0.25) is 0 Å². The molecular formula is C28H32F3N5O2. The van der Waals surface area contributed by atoms with E-state index in [1.54, 1.807) is 50.6 Å². The largest absolute Gasteiger partial charge is 0.508 e. The summed E-state index contributed by atoms with van der Waals surface area (Å²) in [7, 11) is 3.86. The van der Waals surface area contributed by atoms with Crippen LogP contribution in [0, 0.1) is 0 Å². The van der Waals surface area contributed by atoms with Gasteiger partial charge in [-0.1, -0.05) is 19.9 Å². The van der Waals surface area contributed by atoms with Crippen LogP contribution in [0.15, 0.2) is 55.2 Å². The second-order valence-electron chi connectivity index (χ2n) is 10.7. The number of nitrogens with one attached hydrogen (secondary N) is 1.